The number of amides is 1. The van der Waals surface area contributed by atoms with Gasteiger partial charge in [0.15, 0.2) is 11.3 Å². The Morgan fingerprint density at radius 1 is 1.15 bits per heavy atom. The van der Waals surface area contributed by atoms with Crippen LogP contribution in [0, 0.1) is 6.92 Å². The van der Waals surface area contributed by atoms with Crippen LogP contribution in [0.4, 0.5) is 0 Å². The third-order valence-corrected chi connectivity index (χ3v) is 4.45. The predicted octanol–water partition coefficient (Wildman–Crippen LogP) is 1.10. The molecule has 0 bridgehead atoms. The van der Waals surface area contributed by atoms with E-state index in [4.69, 9.17) is 0 Å². The van der Waals surface area contributed by atoms with Crippen molar-refractivity contribution in [3.05, 3.63) is 53.9 Å². The van der Waals surface area contributed by atoms with Crippen LogP contribution >= 0.6 is 0 Å². The van der Waals surface area contributed by atoms with Crippen LogP contribution in [0.1, 0.15) is 21.9 Å². The van der Waals surface area contributed by atoms with Crippen molar-refractivity contribution < 1.29 is 4.79 Å². The number of aromatic nitrogens is 7. The van der Waals surface area contributed by atoms with Crippen LogP contribution in [0.2, 0.25) is 0 Å². The van der Waals surface area contributed by atoms with Gasteiger partial charge in [-0.1, -0.05) is 0 Å². The molecule has 0 aliphatic rings. The van der Waals surface area contributed by atoms with Gasteiger partial charge in [0.05, 0.1) is 24.1 Å². The number of nitrogens with one attached hydrogen (secondary N) is 1. The van der Waals surface area contributed by atoms with E-state index in [1.807, 2.05) is 33.2 Å². The van der Waals surface area contributed by atoms with Crippen molar-refractivity contribution in [3.63, 3.8) is 0 Å². The molecule has 132 valence electrons. The lowest BCUT2D eigenvalue weighted by atomic mass is 10.2. The minimum atomic E-state index is -0.259. The SMILES string of the molecule is Cc1c(-c2ccnc3cc(C(=O)NCc4ccnn4C)nn23)cnn1C. The summed E-state index contributed by atoms with van der Waals surface area (Å²) < 4.78 is 5.18. The maximum Gasteiger partial charge on any atom is 0.272 e. The van der Waals surface area contributed by atoms with Crippen molar-refractivity contribution >= 4 is 11.6 Å². The number of hydrogen-bond donors (Lipinski definition) is 1. The third kappa shape index (κ3) is 2.63. The van der Waals surface area contributed by atoms with Gasteiger partial charge in [-0.05, 0) is 19.1 Å². The van der Waals surface area contributed by atoms with E-state index >= 15 is 0 Å². The summed E-state index contributed by atoms with van der Waals surface area (Å²) in [6.07, 6.45) is 5.18. The zero-order chi connectivity index (χ0) is 18.3. The lowest BCUT2D eigenvalue weighted by Gasteiger charge is -2.04. The summed E-state index contributed by atoms with van der Waals surface area (Å²) in [5.41, 5.74) is 4.63. The predicted molar refractivity (Wildman–Crippen MR) is 94.3 cm³/mol. The summed E-state index contributed by atoms with van der Waals surface area (Å²) >= 11 is 0. The van der Waals surface area contributed by atoms with E-state index in [1.54, 1.807) is 38.5 Å². The number of carbonyl (C=O) groups is 1. The van der Waals surface area contributed by atoms with Crippen LogP contribution in [0.5, 0.6) is 0 Å². The number of fused-ring (bicyclic) bond motifs is 1. The van der Waals surface area contributed by atoms with Crippen LogP contribution in [0.3, 0.4) is 0 Å². The summed E-state index contributed by atoms with van der Waals surface area (Å²) in [7, 11) is 3.72. The minimum absolute atomic E-state index is 0.259. The largest absolute Gasteiger partial charge is 0.345 e. The first-order chi connectivity index (χ1) is 12.5. The number of aryl methyl sites for hydroxylation is 2. The van der Waals surface area contributed by atoms with Gasteiger partial charge in [-0.25, -0.2) is 9.50 Å². The van der Waals surface area contributed by atoms with Crippen LogP contribution in [0.25, 0.3) is 16.9 Å². The second-order valence-electron chi connectivity index (χ2n) is 6.03. The van der Waals surface area contributed by atoms with E-state index in [1.165, 1.54) is 0 Å². The zero-order valence-electron chi connectivity index (χ0n) is 14.7. The molecular weight excluding hydrogens is 332 g/mol. The molecule has 4 heterocycles. The molecule has 0 fully saturated rings. The smallest absolute Gasteiger partial charge is 0.272 e. The first-order valence-corrected chi connectivity index (χ1v) is 8.13. The molecule has 4 rings (SSSR count). The average Bonchev–Trinajstić information content (AvgIpc) is 3.33. The molecule has 0 saturated heterocycles. The molecule has 4 aromatic heterocycles. The Kier molecular flexibility index (Phi) is 3.76. The molecule has 26 heavy (non-hydrogen) atoms. The molecule has 0 aliphatic heterocycles. The Morgan fingerprint density at radius 3 is 2.69 bits per heavy atom. The molecular formula is C17H18N8O. The second kappa shape index (κ2) is 6.10. The average molecular weight is 350 g/mol. The summed E-state index contributed by atoms with van der Waals surface area (Å²) in [5, 5.41) is 15.7. The summed E-state index contributed by atoms with van der Waals surface area (Å²) in [6, 6.07) is 5.39. The van der Waals surface area contributed by atoms with Gasteiger partial charge in [0, 0.05) is 43.8 Å². The Labute approximate surface area is 149 Å². The van der Waals surface area contributed by atoms with Crippen LogP contribution in [-0.2, 0) is 20.6 Å². The van der Waals surface area contributed by atoms with Crippen LogP contribution in [-0.4, -0.2) is 40.1 Å². The Bertz CT molecular complexity index is 1100. The normalized spacial score (nSPS) is 11.2. The molecule has 9 heteroatoms. The molecule has 0 radical (unpaired) electrons. The molecule has 9 nitrogen and oxygen atoms in total. The van der Waals surface area contributed by atoms with E-state index in [2.05, 4.69) is 25.6 Å². The van der Waals surface area contributed by atoms with Crippen molar-refractivity contribution in [1.82, 2.24) is 39.5 Å². The van der Waals surface area contributed by atoms with Crippen molar-refractivity contribution in [1.29, 1.82) is 0 Å². The van der Waals surface area contributed by atoms with Gasteiger partial charge in [-0.15, -0.1) is 0 Å². The fraction of sp³-hybridized carbons (Fsp3) is 0.235. The van der Waals surface area contributed by atoms with Crippen LogP contribution in [0.15, 0.2) is 36.8 Å². The molecule has 0 aliphatic carbocycles. The first-order valence-electron chi connectivity index (χ1n) is 8.13. The van der Waals surface area contributed by atoms with Crippen molar-refractivity contribution in [2.75, 3.05) is 0 Å². The monoisotopic (exact) mass is 350 g/mol. The van der Waals surface area contributed by atoms with Gasteiger partial charge in [0.2, 0.25) is 0 Å². The van der Waals surface area contributed by atoms with E-state index in [9.17, 15) is 4.79 Å². The van der Waals surface area contributed by atoms with Gasteiger partial charge < -0.3 is 5.32 Å². The minimum Gasteiger partial charge on any atom is -0.345 e. The second-order valence-corrected chi connectivity index (χ2v) is 6.03. The zero-order valence-corrected chi connectivity index (χ0v) is 14.7. The summed E-state index contributed by atoms with van der Waals surface area (Å²) in [6.45, 7) is 2.37. The highest BCUT2D eigenvalue weighted by Gasteiger charge is 2.16. The molecule has 4 aromatic rings. The van der Waals surface area contributed by atoms with Gasteiger partial charge in [0.25, 0.3) is 5.91 Å². The standard InChI is InChI=1S/C17H18N8O/c1-11-13(10-21-23(11)2)15-5-6-18-16-8-14(22-25(15)16)17(26)19-9-12-4-7-20-24(12)3/h4-8,10H,9H2,1-3H3,(H,19,26). The molecule has 1 amide bonds. The highest BCUT2D eigenvalue weighted by Crippen LogP contribution is 2.23. The quantitative estimate of drug-likeness (QED) is 0.595. The van der Waals surface area contributed by atoms with Gasteiger partial charge in [-0.3, -0.25) is 14.2 Å². The fourth-order valence-corrected chi connectivity index (χ4v) is 2.80. The maximum absolute atomic E-state index is 12.5. The Morgan fingerprint density at radius 2 is 2.00 bits per heavy atom. The number of rotatable bonds is 4. The molecule has 1 N–H and O–H groups in total. The lowest BCUT2D eigenvalue weighted by molar-refractivity contribution is 0.0944. The topological polar surface area (TPSA) is 94.9 Å². The third-order valence-electron chi connectivity index (χ3n) is 4.45. The Balaban J connectivity index is 1.65. The van der Waals surface area contributed by atoms with Crippen molar-refractivity contribution in [2.24, 2.45) is 14.1 Å². The van der Waals surface area contributed by atoms with Gasteiger partial charge in [0.1, 0.15) is 0 Å². The van der Waals surface area contributed by atoms with Crippen LogP contribution < -0.4 is 5.32 Å². The highest BCUT2D eigenvalue weighted by atomic mass is 16.1. The number of hydrogen-bond acceptors (Lipinski definition) is 5. The lowest BCUT2D eigenvalue weighted by Crippen LogP contribution is -2.24. The van der Waals surface area contributed by atoms with E-state index < -0.39 is 0 Å². The summed E-state index contributed by atoms with van der Waals surface area (Å²) in [4.78, 5) is 16.8. The number of nitrogens with zero attached hydrogens (tertiary/aromatic N) is 7. The molecule has 0 atom stereocenters. The fourth-order valence-electron chi connectivity index (χ4n) is 2.80. The molecule has 0 aromatic carbocycles. The summed E-state index contributed by atoms with van der Waals surface area (Å²) in [5.74, 6) is -0.259. The Hall–Kier alpha value is -3.49. The van der Waals surface area contributed by atoms with Gasteiger partial charge >= 0.3 is 0 Å². The van der Waals surface area contributed by atoms with Gasteiger partial charge in [-0.2, -0.15) is 15.3 Å². The van der Waals surface area contributed by atoms with E-state index in [0.717, 1.165) is 22.6 Å². The molecule has 0 unspecified atom stereocenters. The van der Waals surface area contributed by atoms with E-state index in [0.29, 0.717) is 17.9 Å². The van der Waals surface area contributed by atoms with Crippen molar-refractivity contribution in [3.8, 4) is 11.3 Å². The first kappa shape index (κ1) is 16.0. The molecule has 0 spiro atoms. The van der Waals surface area contributed by atoms with E-state index in [-0.39, 0.29) is 5.91 Å². The molecule has 0 saturated carbocycles. The van der Waals surface area contributed by atoms with Crippen molar-refractivity contribution in [2.45, 2.75) is 13.5 Å². The maximum atomic E-state index is 12.5. The number of carbonyl (C=O) groups excluding carboxylic acids is 1. The highest BCUT2D eigenvalue weighted by molar-refractivity contribution is 5.93.